The van der Waals surface area contributed by atoms with Gasteiger partial charge in [-0.15, -0.1) is 0 Å². The Morgan fingerprint density at radius 1 is 1.22 bits per heavy atom. The summed E-state index contributed by atoms with van der Waals surface area (Å²) in [6, 6.07) is 11.5. The number of nitrogens with one attached hydrogen (secondary N) is 1. The zero-order valence-corrected chi connectivity index (χ0v) is 12.3. The average Bonchev–Trinajstić information content (AvgIpc) is 3.04. The Labute approximate surface area is 132 Å². The molecule has 1 aliphatic carbocycles. The minimum Gasteiger partial charge on any atom is -0.378 e. The second-order valence-corrected chi connectivity index (χ2v) is 6.06. The van der Waals surface area contributed by atoms with E-state index in [1.54, 1.807) is 24.3 Å². The molecule has 0 radical (unpaired) electrons. The molecule has 0 bridgehead atoms. The van der Waals surface area contributed by atoms with E-state index in [9.17, 15) is 14.5 Å². The number of anilines is 1. The van der Waals surface area contributed by atoms with Gasteiger partial charge in [-0.05, 0) is 41.7 Å². The molecule has 0 amide bonds. The Kier molecular flexibility index (Phi) is 3.15. The van der Waals surface area contributed by atoms with Crippen LogP contribution in [0.2, 0.25) is 0 Å². The zero-order valence-electron chi connectivity index (χ0n) is 12.3. The number of allylic oxidation sites excluding steroid dienone is 2. The van der Waals surface area contributed by atoms with Crippen molar-refractivity contribution in [3.63, 3.8) is 0 Å². The second kappa shape index (κ2) is 5.19. The summed E-state index contributed by atoms with van der Waals surface area (Å²) in [5.74, 6) is 0.149. The molecule has 1 aliphatic heterocycles. The number of benzene rings is 2. The molecule has 1 heterocycles. The van der Waals surface area contributed by atoms with Crippen molar-refractivity contribution < 1.29 is 9.31 Å². The first-order chi connectivity index (χ1) is 11.1. The number of nitro benzene ring substituents is 1. The SMILES string of the molecule is O=[N+]([O-])c1cccc([C@@H]2Nc3ccc(F)cc3[C@@H]3C=CC[C@@H]32)c1. The first-order valence-corrected chi connectivity index (χ1v) is 7.60. The standard InChI is InChI=1S/C18H15FN2O2/c19-12-7-8-17-16(10-12)14-5-2-6-15(14)18(20-17)11-3-1-4-13(9-11)21(22)23/h1-5,7-10,14-15,18,20H,6H2/t14-,15+,18+/m1/s1. The van der Waals surface area contributed by atoms with E-state index >= 15 is 0 Å². The topological polar surface area (TPSA) is 55.2 Å². The van der Waals surface area contributed by atoms with Gasteiger partial charge < -0.3 is 5.32 Å². The molecule has 0 spiro atoms. The maximum atomic E-state index is 13.6. The van der Waals surface area contributed by atoms with Gasteiger partial charge in [0.05, 0.1) is 11.0 Å². The van der Waals surface area contributed by atoms with Crippen molar-refractivity contribution in [3.8, 4) is 0 Å². The number of hydrogen-bond donors (Lipinski definition) is 1. The monoisotopic (exact) mass is 310 g/mol. The number of halogens is 1. The summed E-state index contributed by atoms with van der Waals surface area (Å²) in [5.41, 5.74) is 2.85. The lowest BCUT2D eigenvalue weighted by Gasteiger charge is -2.37. The summed E-state index contributed by atoms with van der Waals surface area (Å²) in [6.45, 7) is 0. The highest BCUT2D eigenvalue weighted by atomic mass is 19.1. The first-order valence-electron chi connectivity index (χ1n) is 7.60. The van der Waals surface area contributed by atoms with Gasteiger partial charge in [0.15, 0.2) is 0 Å². The normalized spacial score (nSPS) is 24.7. The predicted octanol–water partition coefficient (Wildman–Crippen LogP) is 4.56. The van der Waals surface area contributed by atoms with E-state index < -0.39 is 0 Å². The van der Waals surface area contributed by atoms with Crippen LogP contribution in [0, 0.1) is 21.8 Å². The smallest absolute Gasteiger partial charge is 0.269 e. The minimum atomic E-state index is -0.375. The number of non-ortho nitro benzene ring substituents is 1. The van der Waals surface area contributed by atoms with Crippen LogP contribution in [0.3, 0.4) is 0 Å². The lowest BCUT2D eigenvalue weighted by molar-refractivity contribution is -0.384. The second-order valence-electron chi connectivity index (χ2n) is 6.06. The molecule has 23 heavy (non-hydrogen) atoms. The third kappa shape index (κ3) is 2.29. The van der Waals surface area contributed by atoms with Gasteiger partial charge in [0.1, 0.15) is 5.82 Å². The molecule has 116 valence electrons. The van der Waals surface area contributed by atoms with Crippen LogP contribution in [0.4, 0.5) is 15.8 Å². The number of rotatable bonds is 2. The van der Waals surface area contributed by atoms with E-state index in [-0.39, 0.29) is 34.3 Å². The molecular formula is C18H15FN2O2. The maximum absolute atomic E-state index is 13.6. The number of hydrogen-bond acceptors (Lipinski definition) is 3. The molecule has 2 aromatic carbocycles. The Hall–Kier alpha value is -2.69. The van der Waals surface area contributed by atoms with Crippen LogP contribution in [-0.4, -0.2) is 4.92 Å². The van der Waals surface area contributed by atoms with Gasteiger partial charge in [-0.2, -0.15) is 0 Å². The fraction of sp³-hybridized carbons (Fsp3) is 0.222. The van der Waals surface area contributed by atoms with Gasteiger partial charge in [-0.3, -0.25) is 10.1 Å². The van der Waals surface area contributed by atoms with Crippen LogP contribution >= 0.6 is 0 Å². The van der Waals surface area contributed by atoms with Gasteiger partial charge in [0.25, 0.3) is 5.69 Å². The summed E-state index contributed by atoms with van der Waals surface area (Å²) in [5, 5.41) is 14.5. The van der Waals surface area contributed by atoms with Crippen molar-refractivity contribution in [3.05, 3.63) is 81.7 Å². The largest absolute Gasteiger partial charge is 0.378 e. The third-order valence-corrected chi connectivity index (χ3v) is 4.76. The van der Waals surface area contributed by atoms with Crippen LogP contribution in [0.1, 0.15) is 29.5 Å². The van der Waals surface area contributed by atoms with Gasteiger partial charge in [0.2, 0.25) is 0 Å². The molecule has 0 saturated heterocycles. The lowest BCUT2D eigenvalue weighted by atomic mass is 9.77. The lowest BCUT2D eigenvalue weighted by Crippen LogP contribution is -2.29. The van der Waals surface area contributed by atoms with E-state index in [0.29, 0.717) is 0 Å². The summed E-state index contributed by atoms with van der Waals surface area (Å²) in [4.78, 5) is 10.7. The summed E-state index contributed by atoms with van der Waals surface area (Å²) < 4.78 is 13.6. The number of nitro groups is 1. The Morgan fingerprint density at radius 2 is 2.09 bits per heavy atom. The molecule has 2 aromatic rings. The molecule has 0 unspecified atom stereocenters. The fourth-order valence-corrected chi connectivity index (χ4v) is 3.73. The third-order valence-electron chi connectivity index (χ3n) is 4.76. The number of fused-ring (bicyclic) bond motifs is 3. The highest BCUT2D eigenvalue weighted by Crippen LogP contribution is 2.50. The maximum Gasteiger partial charge on any atom is 0.269 e. The summed E-state index contributed by atoms with van der Waals surface area (Å²) >= 11 is 0. The van der Waals surface area contributed by atoms with Crippen LogP contribution in [0.5, 0.6) is 0 Å². The molecule has 3 atom stereocenters. The number of nitrogens with zero attached hydrogens (tertiary/aromatic N) is 1. The first kappa shape index (κ1) is 13.9. The molecule has 0 fully saturated rings. The molecule has 0 saturated carbocycles. The molecular weight excluding hydrogens is 295 g/mol. The van der Waals surface area contributed by atoms with E-state index in [4.69, 9.17) is 0 Å². The molecule has 1 N–H and O–H groups in total. The quantitative estimate of drug-likeness (QED) is 0.502. The van der Waals surface area contributed by atoms with Crippen molar-refractivity contribution in [2.75, 3.05) is 5.32 Å². The van der Waals surface area contributed by atoms with Crippen LogP contribution < -0.4 is 5.32 Å². The van der Waals surface area contributed by atoms with Crippen molar-refractivity contribution >= 4 is 11.4 Å². The highest BCUT2D eigenvalue weighted by molar-refractivity contribution is 5.60. The van der Waals surface area contributed by atoms with Gasteiger partial charge in [-0.25, -0.2) is 4.39 Å². The van der Waals surface area contributed by atoms with Crippen LogP contribution in [0.25, 0.3) is 0 Å². The highest BCUT2D eigenvalue weighted by Gasteiger charge is 2.38. The van der Waals surface area contributed by atoms with E-state index in [0.717, 1.165) is 23.2 Å². The predicted molar refractivity (Wildman–Crippen MR) is 85.8 cm³/mol. The Morgan fingerprint density at radius 3 is 2.91 bits per heavy atom. The molecule has 4 rings (SSSR count). The van der Waals surface area contributed by atoms with E-state index in [2.05, 4.69) is 17.5 Å². The van der Waals surface area contributed by atoms with Gasteiger partial charge in [-0.1, -0.05) is 24.3 Å². The average molecular weight is 310 g/mol. The van der Waals surface area contributed by atoms with Gasteiger partial charge >= 0.3 is 0 Å². The molecule has 4 nitrogen and oxygen atoms in total. The summed E-state index contributed by atoms with van der Waals surface area (Å²) in [6.07, 6.45) is 5.11. The summed E-state index contributed by atoms with van der Waals surface area (Å²) in [7, 11) is 0. The minimum absolute atomic E-state index is 0.0205. The van der Waals surface area contributed by atoms with E-state index in [1.165, 1.54) is 12.1 Å². The zero-order chi connectivity index (χ0) is 16.0. The molecule has 2 aliphatic rings. The van der Waals surface area contributed by atoms with Crippen LogP contribution in [-0.2, 0) is 0 Å². The fourth-order valence-electron chi connectivity index (χ4n) is 3.73. The van der Waals surface area contributed by atoms with Crippen molar-refractivity contribution in [2.24, 2.45) is 5.92 Å². The van der Waals surface area contributed by atoms with E-state index in [1.807, 2.05) is 6.07 Å². The van der Waals surface area contributed by atoms with Crippen molar-refractivity contribution in [2.45, 2.75) is 18.4 Å². The molecule has 0 aromatic heterocycles. The van der Waals surface area contributed by atoms with Crippen molar-refractivity contribution in [1.29, 1.82) is 0 Å². The van der Waals surface area contributed by atoms with Crippen LogP contribution in [0.15, 0.2) is 54.6 Å². The Balaban J connectivity index is 1.78. The van der Waals surface area contributed by atoms with Gasteiger partial charge in [0, 0.05) is 23.7 Å². The Bertz CT molecular complexity index is 818. The molecule has 5 heteroatoms. The van der Waals surface area contributed by atoms with Crippen molar-refractivity contribution in [1.82, 2.24) is 0 Å².